The van der Waals surface area contributed by atoms with E-state index in [2.05, 4.69) is 9.36 Å². The molecule has 1 aromatic carbocycles. The van der Waals surface area contributed by atoms with Gasteiger partial charge >= 0.3 is 51.4 Å². The molecule has 6 heteroatoms. The van der Waals surface area contributed by atoms with Gasteiger partial charge in [-0.1, -0.05) is 30.3 Å². The second kappa shape index (κ2) is 5.83. The smallest absolute Gasteiger partial charge is 0.542 e. The summed E-state index contributed by atoms with van der Waals surface area (Å²) in [5.41, 5.74) is 0.802. The third kappa shape index (κ3) is 3.17. The van der Waals surface area contributed by atoms with Crippen LogP contribution < -0.4 is 56.5 Å². The van der Waals surface area contributed by atoms with Crippen LogP contribution in [0.25, 0.3) is 11.4 Å². The minimum Gasteiger partial charge on any atom is -0.542 e. The predicted octanol–water partition coefficient (Wildman–Crippen LogP) is -2.43. The minimum atomic E-state index is -1.29. The molecule has 0 spiro atoms. The number of nitrogens with zero attached hydrogens (tertiary/aromatic N) is 2. The van der Waals surface area contributed by atoms with Gasteiger partial charge in [-0.3, -0.25) is 0 Å². The maximum Gasteiger partial charge on any atom is 1.00 e. The molecule has 0 bridgehead atoms. The standard InChI is InChI=1S/C9H6N2O2S.K/c12-9(13)8-10-7(11-14-8)6-4-2-1-3-5-6;/h1-5H,(H,12,13);/q;+1/p-1. The number of hydrogen-bond donors (Lipinski definition) is 0. The van der Waals surface area contributed by atoms with Crippen molar-refractivity contribution in [1.82, 2.24) is 9.36 Å². The maximum absolute atomic E-state index is 10.4. The van der Waals surface area contributed by atoms with Gasteiger partial charge < -0.3 is 9.90 Å². The molecular weight excluding hydrogens is 239 g/mol. The third-order valence-electron chi connectivity index (χ3n) is 1.63. The van der Waals surface area contributed by atoms with E-state index in [0.717, 1.165) is 17.1 Å². The fourth-order valence-electron chi connectivity index (χ4n) is 1.01. The number of carboxylic acids is 1. The predicted molar refractivity (Wildman–Crippen MR) is 49.7 cm³/mol. The third-order valence-corrected chi connectivity index (χ3v) is 2.33. The average molecular weight is 244 g/mol. The van der Waals surface area contributed by atoms with Crippen LogP contribution in [0.1, 0.15) is 9.80 Å². The molecule has 0 aliphatic rings. The van der Waals surface area contributed by atoms with Gasteiger partial charge in [-0.25, -0.2) is 4.98 Å². The van der Waals surface area contributed by atoms with Crippen molar-refractivity contribution in [3.8, 4) is 11.4 Å². The Morgan fingerprint density at radius 3 is 2.47 bits per heavy atom. The number of carbonyl (C=O) groups excluding carboxylic acids is 1. The molecule has 0 radical (unpaired) electrons. The topological polar surface area (TPSA) is 65.9 Å². The molecule has 2 aromatic rings. The molecule has 1 heterocycles. The van der Waals surface area contributed by atoms with E-state index in [4.69, 9.17) is 0 Å². The summed E-state index contributed by atoms with van der Waals surface area (Å²) in [7, 11) is 0. The van der Waals surface area contributed by atoms with Crippen molar-refractivity contribution in [3.63, 3.8) is 0 Å². The van der Waals surface area contributed by atoms with Gasteiger partial charge in [0.05, 0.1) is 0 Å². The van der Waals surface area contributed by atoms with E-state index < -0.39 is 5.97 Å². The van der Waals surface area contributed by atoms with E-state index in [9.17, 15) is 9.90 Å². The van der Waals surface area contributed by atoms with Gasteiger partial charge in [0, 0.05) is 5.56 Å². The molecule has 0 saturated heterocycles. The van der Waals surface area contributed by atoms with Gasteiger partial charge in [0.25, 0.3) is 0 Å². The summed E-state index contributed by atoms with van der Waals surface area (Å²) in [6.45, 7) is 0. The Labute approximate surface area is 133 Å². The van der Waals surface area contributed by atoms with Gasteiger partial charge in [0.15, 0.2) is 10.8 Å². The van der Waals surface area contributed by atoms with Crippen LogP contribution in [-0.4, -0.2) is 15.3 Å². The summed E-state index contributed by atoms with van der Waals surface area (Å²) < 4.78 is 3.92. The van der Waals surface area contributed by atoms with Crippen molar-refractivity contribution in [2.24, 2.45) is 0 Å². The van der Waals surface area contributed by atoms with Crippen molar-refractivity contribution in [3.05, 3.63) is 35.3 Å². The monoisotopic (exact) mass is 244 g/mol. The van der Waals surface area contributed by atoms with E-state index in [1.807, 2.05) is 30.3 Å². The molecule has 0 saturated carbocycles. The second-order valence-corrected chi connectivity index (χ2v) is 3.33. The molecule has 0 unspecified atom stereocenters. The molecule has 0 atom stereocenters. The van der Waals surface area contributed by atoms with Crippen molar-refractivity contribution in [2.45, 2.75) is 0 Å². The number of aromatic carboxylic acids is 1. The van der Waals surface area contributed by atoms with Crippen molar-refractivity contribution < 1.29 is 61.3 Å². The Morgan fingerprint density at radius 1 is 1.27 bits per heavy atom. The van der Waals surface area contributed by atoms with Gasteiger partial charge in [-0.2, -0.15) is 4.37 Å². The van der Waals surface area contributed by atoms with Crippen LogP contribution in [0.2, 0.25) is 0 Å². The van der Waals surface area contributed by atoms with Crippen molar-refractivity contribution >= 4 is 17.5 Å². The van der Waals surface area contributed by atoms with Crippen LogP contribution in [0.3, 0.4) is 0 Å². The summed E-state index contributed by atoms with van der Waals surface area (Å²) >= 11 is 0.829. The summed E-state index contributed by atoms with van der Waals surface area (Å²) in [6, 6.07) is 9.20. The Morgan fingerprint density at radius 2 is 1.93 bits per heavy atom. The first-order valence-corrected chi connectivity index (χ1v) is 4.65. The Balaban J connectivity index is 0.00000112. The molecule has 70 valence electrons. The van der Waals surface area contributed by atoms with E-state index in [0.29, 0.717) is 5.82 Å². The Hall–Kier alpha value is -0.114. The number of aromatic nitrogens is 2. The molecule has 0 amide bonds. The molecular formula is C9H5KN2O2S. The van der Waals surface area contributed by atoms with Crippen LogP contribution >= 0.6 is 11.5 Å². The van der Waals surface area contributed by atoms with Crippen LogP contribution in [0, 0.1) is 0 Å². The minimum absolute atomic E-state index is 0. The first-order chi connectivity index (χ1) is 6.77. The summed E-state index contributed by atoms with van der Waals surface area (Å²) in [5.74, 6) is -0.862. The Kier molecular flexibility index (Phi) is 5.04. The van der Waals surface area contributed by atoms with Crippen molar-refractivity contribution in [1.29, 1.82) is 0 Å². The summed E-state index contributed by atoms with van der Waals surface area (Å²) in [6.07, 6.45) is 0. The normalized spacial score (nSPS) is 9.33. The molecule has 0 aliphatic carbocycles. The van der Waals surface area contributed by atoms with Gasteiger partial charge in [-0.05, 0) is 11.5 Å². The molecule has 15 heavy (non-hydrogen) atoms. The van der Waals surface area contributed by atoms with Gasteiger partial charge in [-0.15, -0.1) is 0 Å². The zero-order valence-corrected chi connectivity index (χ0v) is 11.9. The van der Waals surface area contributed by atoms with Crippen LogP contribution in [0.5, 0.6) is 0 Å². The molecule has 0 aliphatic heterocycles. The largest absolute Gasteiger partial charge is 1.00 e. The van der Waals surface area contributed by atoms with E-state index in [-0.39, 0.29) is 56.4 Å². The number of benzene rings is 1. The quantitative estimate of drug-likeness (QED) is 0.551. The van der Waals surface area contributed by atoms with E-state index >= 15 is 0 Å². The van der Waals surface area contributed by atoms with Gasteiger partial charge in [0.2, 0.25) is 0 Å². The zero-order chi connectivity index (χ0) is 9.97. The fourth-order valence-corrected chi connectivity index (χ4v) is 1.53. The average Bonchev–Trinajstić information content (AvgIpc) is 2.68. The summed E-state index contributed by atoms with van der Waals surface area (Å²) in [4.78, 5) is 14.3. The second-order valence-electron chi connectivity index (χ2n) is 2.58. The van der Waals surface area contributed by atoms with Crippen LogP contribution in [0.4, 0.5) is 0 Å². The first kappa shape index (κ1) is 13.0. The van der Waals surface area contributed by atoms with E-state index in [1.165, 1.54) is 0 Å². The molecule has 2 rings (SSSR count). The van der Waals surface area contributed by atoms with Crippen LogP contribution in [0.15, 0.2) is 30.3 Å². The van der Waals surface area contributed by atoms with Gasteiger partial charge in [0.1, 0.15) is 5.97 Å². The maximum atomic E-state index is 10.4. The summed E-state index contributed by atoms with van der Waals surface area (Å²) in [5, 5.41) is 10.3. The van der Waals surface area contributed by atoms with E-state index in [1.54, 1.807) is 0 Å². The molecule has 1 aromatic heterocycles. The fraction of sp³-hybridized carbons (Fsp3) is 0. The molecule has 0 fully saturated rings. The Bertz CT molecular complexity index is 458. The first-order valence-electron chi connectivity index (χ1n) is 3.88. The number of rotatable bonds is 2. The zero-order valence-electron chi connectivity index (χ0n) is 8.01. The SMILES string of the molecule is O=C([O-])c1nc(-c2ccccc2)ns1.[K+]. The van der Waals surface area contributed by atoms with Crippen molar-refractivity contribution in [2.75, 3.05) is 0 Å². The number of carboxylic acid groups (broad SMARTS) is 1. The number of carbonyl (C=O) groups is 1. The number of hydrogen-bond acceptors (Lipinski definition) is 5. The van der Waals surface area contributed by atoms with Crippen LogP contribution in [-0.2, 0) is 0 Å². The molecule has 0 N–H and O–H groups in total. The molecule has 4 nitrogen and oxygen atoms in total.